The van der Waals surface area contributed by atoms with Gasteiger partial charge in [-0.3, -0.25) is 0 Å². The van der Waals surface area contributed by atoms with Crippen molar-refractivity contribution in [3.05, 3.63) is 34.7 Å². The highest BCUT2D eigenvalue weighted by Gasteiger charge is 2.27. The molecule has 2 aromatic rings. The van der Waals surface area contributed by atoms with Gasteiger partial charge in [-0.05, 0) is 41.8 Å². The number of benzene rings is 1. The third-order valence-electron chi connectivity index (χ3n) is 2.88. The Hall–Kier alpha value is -1.35. The molecular formula is C12H10O2S. The summed E-state index contributed by atoms with van der Waals surface area (Å²) in [6.45, 7) is 0. The van der Waals surface area contributed by atoms with Crippen LogP contribution < -0.4 is 0 Å². The van der Waals surface area contributed by atoms with Gasteiger partial charge in [0.25, 0.3) is 0 Å². The summed E-state index contributed by atoms with van der Waals surface area (Å²) in [4.78, 5) is 11.1. The Balaban J connectivity index is 2.33. The van der Waals surface area contributed by atoms with Crippen molar-refractivity contribution in [2.24, 2.45) is 0 Å². The van der Waals surface area contributed by atoms with Crippen LogP contribution in [0.5, 0.6) is 0 Å². The molecule has 0 spiro atoms. The second-order valence-electron chi connectivity index (χ2n) is 3.95. The van der Waals surface area contributed by atoms with E-state index in [-0.39, 0.29) is 0 Å². The van der Waals surface area contributed by atoms with Gasteiger partial charge in [-0.25, -0.2) is 4.79 Å². The van der Waals surface area contributed by atoms with Gasteiger partial charge in [0, 0.05) is 10.1 Å². The van der Waals surface area contributed by atoms with E-state index in [1.54, 1.807) is 17.4 Å². The predicted octanol–water partition coefficient (Wildman–Crippen LogP) is 3.48. The van der Waals surface area contributed by atoms with Crippen molar-refractivity contribution in [2.45, 2.75) is 18.8 Å². The van der Waals surface area contributed by atoms with Gasteiger partial charge in [0.15, 0.2) is 0 Å². The van der Waals surface area contributed by atoms with Crippen molar-refractivity contribution in [3.8, 4) is 0 Å². The molecule has 1 N–H and O–H groups in total. The normalized spacial score (nSPS) is 15.7. The lowest BCUT2D eigenvalue weighted by atomic mass is 10.0. The highest BCUT2D eigenvalue weighted by Crippen LogP contribution is 2.46. The fraction of sp³-hybridized carbons (Fsp3) is 0.250. The minimum Gasteiger partial charge on any atom is -0.478 e. The van der Waals surface area contributed by atoms with Crippen LogP contribution in [0.15, 0.2) is 23.6 Å². The number of fused-ring (bicyclic) bond motifs is 1. The van der Waals surface area contributed by atoms with E-state index >= 15 is 0 Å². The number of aromatic carboxylic acids is 1. The molecule has 1 aromatic heterocycles. The zero-order valence-electron chi connectivity index (χ0n) is 8.06. The van der Waals surface area contributed by atoms with Gasteiger partial charge in [0.2, 0.25) is 0 Å². The van der Waals surface area contributed by atoms with Gasteiger partial charge in [0.1, 0.15) is 0 Å². The van der Waals surface area contributed by atoms with Crippen LogP contribution in [0.3, 0.4) is 0 Å². The Morgan fingerprint density at radius 2 is 2.20 bits per heavy atom. The van der Waals surface area contributed by atoms with E-state index in [0.717, 1.165) is 10.1 Å². The lowest BCUT2D eigenvalue weighted by Crippen LogP contribution is -1.97. The van der Waals surface area contributed by atoms with Crippen LogP contribution in [0.4, 0.5) is 0 Å². The summed E-state index contributed by atoms with van der Waals surface area (Å²) in [5.41, 5.74) is 1.70. The molecule has 0 atom stereocenters. The zero-order valence-corrected chi connectivity index (χ0v) is 8.88. The fourth-order valence-corrected chi connectivity index (χ4v) is 3.05. The number of thiophene rings is 1. The Morgan fingerprint density at radius 3 is 2.87 bits per heavy atom. The number of carbonyl (C=O) groups is 1. The average Bonchev–Trinajstić information content (AvgIpc) is 2.97. The van der Waals surface area contributed by atoms with E-state index in [1.165, 1.54) is 18.4 Å². The predicted molar refractivity (Wildman–Crippen MR) is 60.8 cm³/mol. The third kappa shape index (κ3) is 1.35. The summed E-state index contributed by atoms with van der Waals surface area (Å²) >= 11 is 1.65. The average molecular weight is 218 g/mol. The van der Waals surface area contributed by atoms with Gasteiger partial charge >= 0.3 is 5.97 Å². The maximum absolute atomic E-state index is 11.1. The molecule has 0 amide bonds. The molecule has 3 rings (SSSR count). The number of hydrogen-bond acceptors (Lipinski definition) is 2. The molecule has 76 valence electrons. The van der Waals surface area contributed by atoms with E-state index in [4.69, 9.17) is 5.11 Å². The third-order valence-corrected chi connectivity index (χ3v) is 3.84. The molecule has 0 bridgehead atoms. The Labute approximate surface area is 91.2 Å². The first kappa shape index (κ1) is 8.92. The number of carboxylic acids is 1. The van der Waals surface area contributed by atoms with Crippen molar-refractivity contribution in [2.75, 3.05) is 0 Å². The van der Waals surface area contributed by atoms with Crippen LogP contribution in [0.25, 0.3) is 10.1 Å². The number of hydrogen-bond donors (Lipinski definition) is 1. The van der Waals surface area contributed by atoms with E-state index in [0.29, 0.717) is 11.5 Å². The summed E-state index contributed by atoms with van der Waals surface area (Å²) in [6, 6.07) is 5.51. The van der Waals surface area contributed by atoms with Crippen molar-refractivity contribution in [3.63, 3.8) is 0 Å². The Kier molecular flexibility index (Phi) is 1.83. The van der Waals surface area contributed by atoms with Crippen LogP contribution in [0, 0.1) is 0 Å². The molecule has 0 aliphatic heterocycles. The van der Waals surface area contributed by atoms with Gasteiger partial charge in [0.05, 0.1) is 5.56 Å². The van der Waals surface area contributed by atoms with Crippen LogP contribution in [-0.2, 0) is 0 Å². The zero-order chi connectivity index (χ0) is 10.4. The second kappa shape index (κ2) is 3.07. The van der Waals surface area contributed by atoms with Gasteiger partial charge < -0.3 is 5.11 Å². The van der Waals surface area contributed by atoms with E-state index in [1.807, 2.05) is 12.1 Å². The summed E-state index contributed by atoms with van der Waals surface area (Å²) < 4.78 is 1.09. The standard InChI is InChI=1S/C12H10O2S/c13-12(14)8-2-1-3-10-11(8)9(6-15-10)7-4-5-7/h1-3,6-7H,4-5H2,(H,13,14). The quantitative estimate of drug-likeness (QED) is 0.837. The summed E-state index contributed by atoms with van der Waals surface area (Å²) in [5.74, 6) is -0.208. The molecular weight excluding hydrogens is 208 g/mol. The molecule has 0 unspecified atom stereocenters. The Morgan fingerprint density at radius 1 is 1.40 bits per heavy atom. The topological polar surface area (TPSA) is 37.3 Å². The van der Waals surface area contributed by atoms with Crippen LogP contribution in [0.1, 0.15) is 34.7 Å². The highest BCUT2D eigenvalue weighted by molar-refractivity contribution is 7.17. The van der Waals surface area contributed by atoms with E-state index < -0.39 is 5.97 Å². The molecule has 1 aromatic carbocycles. The molecule has 1 fully saturated rings. The maximum atomic E-state index is 11.1. The summed E-state index contributed by atoms with van der Waals surface area (Å²) in [7, 11) is 0. The number of carboxylic acid groups (broad SMARTS) is 1. The minimum absolute atomic E-state index is 0.454. The first-order chi connectivity index (χ1) is 7.27. The molecule has 1 heterocycles. The second-order valence-corrected chi connectivity index (χ2v) is 4.86. The Bertz CT molecular complexity index is 538. The van der Waals surface area contributed by atoms with Gasteiger partial charge in [-0.15, -0.1) is 11.3 Å². The van der Waals surface area contributed by atoms with Gasteiger partial charge in [-0.2, -0.15) is 0 Å². The first-order valence-corrected chi connectivity index (χ1v) is 5.89. The molecule has 0 saturated heterocycles. The van der Waals surface area contributed by atoms with Crippen molar-refractivity contribution in [1.29, 1.82) is 0 Å². The van der Waals surface area contributed by atoms with Crippen molar-refractivity contribution >= 4 is 27.4 Å². The molecule has 3 heteroatoms. The molecule has 1 aliphatic rings. The van der Waals surface area contributed by atoms with E-state index in [9.17, 15) is 4.79 Å². The van der Waals surface area contributed by atoms with Crippen LogP contribution in [0.2, 0.25) is 0 Å². The molecule has 1 saturated carbocycles. The summed E-state index contributed by atoms with van der Waals surface area (Å²) in [5, 5.41) is 12.2. The molecule has 15 heavy (non-hydrogen) atoms. The van der Waals surface area contributed by atoms with Crippen LogP contribution in [-0.4, -0.2) is 11.1 Å². The molecule has 1 aliphatic carbocycles. The smallest absolute Gasteiger partial charge is 0.336 e. The van der Waals surface area contributed by atoms with E-state index in [2.05, 4.69) is 5.38 Å². The summed E-state index contributed by atoms with van der Waals surface area (Å²) in [6.07, 6.45) is 2.42. The van der Waals surface area contributed by atoms with Crippen molar-refractivity contribution in [1.82, 2.24) is 0 Å². The maximum Gasteiger partial charge on any atom is 0.336 e. The molecule has 2 nitrogen and oxygen atoms in total. The largest absolute Gasteiger partial charge is 0.478 e. The first-order valence-electron chi connectivity index (χ1n) is 5.01. The van der Waals surface area contributed by atoms with Gasteiger partial charge in [-0.1, -0.05) is 6.07 Å². The fourth-order valence-electron chi connectivity index (χ4n) is 1.99. The minimum atomic E-state index is -0.819. The monoisotopic (exact) mass is 218 g/mol. The SMILES string of the molecule is O=C(O)c1cccc2scc(C3CC3)c12. The highest BCUT2D eigenvalue weighted by atomic mass is 32.1. The lowest BCUT2D eigenvalue weighted by molar-refractivity contribution is 0.0699. The lowest BCUT2D eigenvalue weighted by Gasteiger charge is -2.00. The number of rotatable bonds is 2. The molecule has 0 radical (unpaired) electrons. The van der Waals surface area contributed by atoms with Crippen LogP contribution >= 0.6 is 11.3 Å². The van der Waals surface area contributed by atoms with Crippen molar-refractivity contribution < 1.29 is 9.90 Å².